The SMILES string of the molecule is CCc1ccc2oc(-c3ccc(NC(=S)NC(=O)Cc4ccc(Cl)cc4)cc3O)nc2c1. The fourth-order valence-electron chi connectivity index (χ4n) is 3.22. The predicted molar refractivity (Wildman–Crippen MR) is 130 cm³/mol. The Kier molecular flexibility index (Phi) is 6.39. The molecule has 3 aromatic carbocycles. The van der Waals surface area contributed by atoms with Gasteiger partial charge in [0.05, 0.1) is 12.0 Å². The van der Waals surface area contributed by atoms with E-state index in [1.807, 2.05) is 18.2 Å². The summed E-state index contributed by atoms with van der Waals surface area (Å²) < 4.78 is 5.79. The van der Waals surface area contributed by atoms with Crippen LogP contribution in [0, 0.1) is 0 Å². The van der Waals surface area contributed by atoms with E-state index in [-0.39, 0.29) is 23.2 Å². The van der Waals surface area contributed by atoms with Gasteiger partial charge in [-0.3, -0.25) is 4.79 Å². The number of hydrogen-bond donors (Lipinski definition) is 3. The van der Waals surface area contributed by atoms with E-state index in [0.29, 0.717) is 27.7 Å². The molecule has 0 aliphatic rings. The van der Waals surface area contributed by atoms with Gasteiger partial charge in [-0.05, 0) is 66.2 Å². The fraction of sp³-hybridized carbons (Fsp3) is 0.125. The van der Waals surface area contributed by atoms with Crippen LogP contribution < -0.4 is 10.6 Å². The van der Waals surface area contributed by atoms with E-state index < -0.39 is 0 Å². The Labute approximate surface area is 195 Å². The summed E-state index contributed by atoms with van der Waals surface area (Å²) in [6, 6.07) is 17.8. The van der Waals surface area contributed by atoms with Crippen LogP contribution in [0.4, 0.5) is 5.69 Å². The minimum Gasteiger partial charge on any atom is -0.507 e. The van der Waals surface area contributed by atoms with Crippen LogP contribution in [0.5, 0.6) is 5.75 Å². The Hall–Kier alpha value is -3.42. The second kappa shape index (κ2) is 9.38. The molecule has 3 N–H and O–H groups in total. The lowest BCUT2D eigenvalue weighted by molar-refractivity contribution is -0.119. The average molecular weight is 466 g/mol. The van der Waals surface area contributed by atoms with E-state index in [4.69, 9.17) is 28.2 Å². The smallest absolute Gasteiger partial charge is 0.231 e. The molecule has 0 unspecified atom stereocenters. The number of benzene rings is 3. The number of carbonyl (C=O) groups is 1. The Morgan fingerprint density at radius 1 is 1.09 bits per heavy atom. The highest BCUT2D eigenvalue weighted by Crippen LogP contribution is 2.33. The third-order valence-electron chi connectivity index (χ3n) is 4.88. The maximum atomic E-state index is 12.2. The molecule has 0 saturated heterocycles. The quantitative estimate of drug-likeness (QED) is 0.339. The lowest BCUT2D eigenvalue weighted by atomic mass is 10.1. The summed E-state index contributed by atoms with van der Waals surface area (Å²) in [5, 5.41) is 16.8. The first kappa shape index (κ1) is 21.8. The van der Waals surface area contributed by atoms with Gasteiger partial charge >= 0.3 is 0 Å². The summed E-state index contributed by atoms with van der Waals surface area (Å²) in [4.78, 5) is 16.7. The first-order valence-electron chi connectivity index (χ1n) is 9.99. The summed E-state index contributed by atoms with van der Waals surface area (Å²) in [5.41, 5.74) is 4.36. The van der Waals surface area contributed by atoms with Crippen molar-refractivity contribution in [2.45, 2.75) is 19.8 Å². The van der Waals surface area contributed by atoms with Crippen molar-refractivity contribution in [1.82, 2.24) is 10.3 Å². The normalized spacial score (nSPS) is 10.8. The largest absolute Gasteiger partial charge is 0.507 e. The number of aryl methyl sites for hydroxylation is 1. The zero-order valence-electron chi connectivity index (χ0n) is 17.2. The highest BCUT2D eigenvalue weighted by molar-refractivity contribution is 7.80. The number of amides is 1. The van der Waals surface area contributed by atoms with Gasteiger partial charge in [-0.1, -0.05) is 36.7 Å². The summed E-state index contributed by atoms with van der Waals surface area (Å²) in [7, 11) is 0. The van der Waals surface area contributed by atoms with Crippen molar-refractivity contribution < 1.29 is 14.3 Å². The Morgan fingerprint density at radius 3 is 2.56 bits per heavy atom. The Balaban J connectivity index is 1.42. The lowest BCUT2D eigenvalue weighted by Crippen LogP contribution is -2.35. The summed E-state index contributed by atoms with van der Waals surface area (Å²) in [6.07, 6.45) is 1.07. The number of phenols is 1. The summed E-state index contributed by atoms with van der Waals surface area (Å²) in [6.45, 7) is 2.07. The standard InChI is InChI=1S/C24H20ClN3O3S/c1-2-14-5-10-21-19(11-14)27-23(31-21)18-9-8-17(13-20(18)29)26-24(32)28-22(30)12-15-3-6-16(25)7-4-15/h3-11,13,29H,2,12H2,1H3,(H2,26,28,30,32). The zero-order valence-corrected chi connectivity index (χ0v) is 18.8. The molecular weight excluding hydrogens is 446 g/mol. The third-order valence-corrected chi connectivity index (χ3v) is 5.33. The highest BCUT2D eigenvalue weighted by Gasteiger charge is 2.14. The molecule has 0 aliphatic carbocycles. The Morgan fingerprint density at radius 2 is 1.84 bits per heavy atom. The Bertz CT molecular complexity index is 1300. The molecule has 0 saturated carbocycles. The second-order valence-corrected chi connectivity index (χ2v) is 8.06. The third kappa shape index (κ3) is 5.07. The van der Waals surface area contributed by atoms with E-state index in [1.165, 1.54) is 6.07 Å². The van der Waals surface area contributed by atoms with Crippen LogP contribution in [0.15, 0.2) is 65.1 Å². The zero-order chi connectivity index (χ0) is 22.7. The number of aromatic nitrogens is 1. The van der Waals surface area contributed by atoms with Gasteiger partial charge < -0.3 is 20.2 Å². The number of oxazole rings is 1. The van der Waals surface area contributed by atoms with Crippen LogP contribution in [0.1, 0.15) is 18.1 Å². The minimum absolute atomic E-state index is 0.0208. The number of phenolic OH excluding ortho intramolecular Hbond substituents is 1. The summed E-state index contributed by atoms with van der Waals surface area (Å²) >= 11 is 11.1. The minimum atomic E-state index is -0.261. The maximum absolute atomic E-state index is 12.2. The molecule has 0 radical (unpaired) electrons. The molecule has 8 heteroatoms. The number of nitrogens with zero attached hydrogens (tertiary/aromatic N) is 1. The molecule has 0 atom stereocenters. The van der Waals surface area contributed by atoms with E-state index >= 15 is 0 Å². The van der Waals surface area contributed by atoms with E-state index in [0.717, 1.165) is 23.1 Å². The first-order valence-corrected chi connectivity index (χ1v) is 10.8. The van der Waals surface area contributed by atoms with Crippen LogP contribution in [-0.4, -0.2) is 21.1 Å². The van der Waals surface area contributed by atoms with Crippen molar-refractivity contribution in [2.24, 2.45) is 0 Å². The van der Waals surface area contributed by atoms with Gasteiger partial charge in [-0.2, -0.15) is 0 Å². The van der Waals surface area contributed by atoms with Crippen molar-refractivity contribution in [3.8, 4) is 17.2 Å². The van der Waals surface area contributed by atoms with Crippen LogP contribution in [0.2, 0.25) is 5.02 Å². The maximum Gasteiger partial charge on any atom is 0.231 e. The van der Waals surface area contributed by atoms with E-state index in [2.05, 4.69) is 22.5 Å². The molecule has 32 heavy (non-hydrogen) atoms. The first-order chi connectivity index (χ1) is 15.4. The van der Waals surface area contributed by atoms with Crippen molar-refractivity contribution in [3.05, 3.63) is 76.8 Å². The predicted octanol–water partition coefficient (Wildman–Crippen LogP) is 5.47. The molecule has 1 amide bonds. The van der Waals surface area contributed by atoms with Gasteiger partial charge in [0, 0.05) is 16.8 Å². The number of halogens is 1. The fourth-order valence-corrected chi connectivity index (χ4v) is 3.58. The lowest BCUT2D eigenvalue weighted by Gasteiger charge is -2.11. The molecule has 0 fully saturated rings. The molecule has 0 bridgehead atoms. The highest BCUT2D eigenvalue weighted by atomic mass is 35.5. The number of fused-ring (bicyclic) bond motifs is 1. The molecule has 4 rings (SSSR count). The van der Waals surface area contributed by atoms with E-state index in [9.17, 15) is 9.90 Å². The van der Waals surface area contributed by atoms with Gasteiger partial charge in [0.1, 0.15) is 11.3 Å². The van der Waals surface area contributed by atoms with Crippen molar-refractivity contribution in [1.29, 1.82) is 0 Å². The molecule has 6 nitrogen and oxygen atoms in total. The van der Waals surface area contributed by atoms with Crippen LogP contribution >= 0.6 is 23.8 Å². The molecule has 0 aliphatic heterocycles. The van der Waals surface area contributed by atoms with Crippen molar-refractivity contribution >= 4 is 51.6 Å². The molecule has 4 aromatic rings. The number of thiocarbonyl (C=S) groups is 1. The van der Waals surface area contributed by atoms with Crippen LogP contribution in [-0.2, 0) is 17.6 Å². The number of hydrogen-bond acceptors (Lipinski definition) is 5. The van der Waals surface area contributed by atoms with Crippen LogP contribution in [0.25, 0.3) is 22.6 Å². The summed E-state index contributed by atoms with van der Waals surface area (Å²) in [5.74, 6) is 0.0484. The molecule has 162 valence electrons. The van der Waals surface area contributed by atoms with Gasteiger partial charge in [-0.15, -0.1) is 0 Å². The number of rotatable bonds is 5. The molecule has 1 heterocycles. The molecule has 0 spiro atoms. The van der Waals surface area contributed by atoms with Gasteiger partial charge in [0.15, 0.2) is 10.7 Å². The van der Waals surface area contributed by atoms with Gasteiger partial charge in [0.2, 0.25) is 11.8 Å². The second-order valence-electron chi connectivity index (χ2n) is 7.21. The average Bonchev–Trinajstić information content (AvgIpc) is 3.18. The number of carbonyl (C=O) groups excluding carboxylic acids is 1. The van der Waals surface area contributed by atoms with E-state index in [1.54, 1.807) is 36.4 Å². The van der Waals surface area contributed by atoms with Crippen LogP contribution in [0.3, 0.4) is 0 Å². The number of aromatic hydroxyl groups is 1. The van der Waals surface area contributed by atoms with Crippen molar-refractivity contribution in [2.75, 3.05) is 5.32 Å². The monoisotopic (exact) mass is 465 g/mol. The van der Waals surface area contributed by atoms with Gasteiger partial charge in [0.25, 0.3) is 0 Å². The molecule has 1 aromatic heterocycles. The number of nitrogens with one attached hydrogen (secondary N) is 2. The topological polar surface area (TPSA) is 87.4 Å². The number of anilines is 1. The van der Waals surface area contributed by atoms with Crippen molar-refractivity contribution in [3.63, 3.8) is 0 Å². The molecular formula is C24H20ClN3O3S. The van der Waals surface area contributed by atoms with Gasteiger partial charge in [-0.25, -0.2) is 4.98 Å².